The van der Waals surface area contributed by atoms with Crippen LogP contribution >= 0.6 is 0 Å². The summed E-state index contributed by atoms with van der Waals surface area (Å²) < 4.78 is 23.6. The molecule has 0 saturated heterocycles. The minimum atomic E-state index is -0.367. The molecule has 27 heavy (non-hydrogen) atoms. The molecule has 0 unspecified atom stereocenters. The van der Waals surface area contributed by atoms with Crippen LogP contribution in [0.15, 0.2) is 60.8 Å². The van der Waals surface area contributed by atoms with Gasteiger partial charge in [0.15, 0.2) is 11.5 Å². The number of benzene rings is 2. The van der Waals surface area contributed by atoms with E-state index in [-0.39, 0.29) is 24.2 Å². The first-order valence-corrected chi connectivity index (χ1v) is 8.33. The van der Waals surface area contributed by atoms with Crippen molar-refractivity contribution < 1.29 is 18.7 Å². The molecule has 2 heterocycles. The second-order valence-corrected chi connectivity index (χ2v) is 5.93. The Morgan fingerprint density at radius 2 is 1.81 bits per heavy atom. The summed E-state index contributed by atoms with van der Waals surface area (Å²) >= 11 is 0. The Kier molecular flexibility index (Phi) is 4.57. The number of anilines is 2. The van der Waals surface area contributed by atoms with E-state index in [0.29, 0.717) is 12.2 Å². The summed E-state index contributed by atoms with van der Waals surface area (Å²) in [7, 11) is 0. The lowest BCUT2D eigenvalue weighted by Crippen LogP contribution is -2.14. The van der Waals surface area contributed by atoms with Gasteiger partial charge in [0, 0.05) is 24.1 Å². The van der Waals surface area contributed by atoms with Crippen LogP contribution in [0.5, 0.6) is 11.5 Å². The molecule has 0 saturated carbocycles. The first kappa shape index (κ1) is 16.8. The summed E-state index contributed by atoms with van der Waals surface area (Å²) in [4.78, 5) is 16.4. The average molecular weight is 365 g/mol. The van der Waals surface area contributed by atoms with E-state index in [1.807, 2.05) is 18.2 Å². The molecular weight excluding hydrogens is 349 g/mol. The molecule has 3 aromatic rings. The van der Waals surface area contributed by atoms with Gasteiger partial charge in [0.25, 0.3) is 5.91 Å². The lowest BCUT2D eigenvalue weighted by molar-refractivity contribution is 0.102. The highest BCUT2D eigenvalue weighted by atomic mass is 19.1. The van der Waals surface area contributed by atoms with Crippen LogP contribution in [0.4, 0.5) is 15.8 Å². The quantitative estimate of drug-likeness (QED) is 0.719. The fraction of sp³-hybridized carbons (Fsp3) is 0.100. The van der Waals surface area contributed by atoms with E-state index in [4.69, 9.17) is 9.47 Å². The van der Waals surface area contributed by atoms with E-state index in [1.54, 1.807) is 18.3 Å². The van der Waals surface area contributed by atoms with Crippen molar-refractivity contribution in [1.82, 2.24) is 4.98 Å². The van der Waals surface area contributed by atoms with Gasteiger partial charge in [-0.1, -0.05) is 6.07 Å². The summed E-state index contributed by atoms with van der Waals surface area (Å²) in [5.41, 5.74) is 2.54. The van der Waals surface area contributed by atoms with Crippen LogP contribution in [0.2, 0.25) is 0 Å². The average Bonchev–Trinajstić information content (AvgIpc) is 3.16. The minimum absolute atomic E-state index is 0.239. The van der Waals surface area contributed by atoms with Crippen LogP contribution in [-0.4, -0.2) is 17.7 Å². The van der Waals surface area contributed by atoms with Gasteiger partial charge < -0.3 is 20.1 Å². The molecule has 4 rings (SSSR count). The number of rotatable bonds is 5. The Bertz CT molecular complexity index is 976. The molecule has 0 atom stereocenters. The number of aromatic nitrogens is 1. The number of carbonyl (C=O) groups is 1. The number of halogens is 1. The Balaban J connectivity index is 1.41. The van der Waals surface area contributed by atoms with E-state index in [2.05, 4.69) is 15.6 Å². The highest BCUT2D eigenvalue weighted by molar-refractivity contribution is 6.03. The minimum Gasteiger partial charge on any atom is -0.454 e. The Morgan fingerprint density at radius 3 is 2.67 bits per heavy atom. The Hall–Kier alpha value is -3.61. The van der Waals surface area contributed by atoms with Gasteiger partial charge in [-0.15, -0.1) is 0 Å². The fourth-order valence-corrected chi connectivity index (χ4v) is 2.65. The molecule has 1 aliphatic heterocycles. The zero-order valence-electron chi connectivity index (χ0n) is 14.2. The molecule has 0 aliphatic carbocycles. The number of nitrogens with zero attached hydrogens (tertiary/aromatic N) is 1. The van der Waals surface area contributed by atoms with Crippen molar-refractivity contribution in [2.24, 2.45) is 0 Å². The molecule has 1 aromatic heterocycles. The van der Waals surface area contributed by atoms with Crippen molar-refractivity contribution in [1.29, 1.82) is 0 Å². The Labute approximate surface area is 155 Å². The molecule has 0 bridgehead atoms. The van der Waals surface area contributed by atoms with Gasteiger partial charge in [0.2, 0.25) is 6.79 Å². The number of hydrogen-bond donors (Lipinski definition) is 2. The largest absolute Gasteiger partial charge is 0.454 e. The van der Waals surface area contributed by atoms with E-state index >= 15 is 0 Å². The zero-order valence-corrected chi connectivity index (χ0v) is 14.2. The SMILES string of the molecule is O=C(Nc1ccc(F)cc1)c1cc(NCc2ccc3c(c2)OCO3)ccn1. The number of pyridine rings is 1. The lowest BCUT2D eigenvalue weighted by atomic mass is 10.2. The maximum atomic E-state index is 12.9. The Morgan fingerprint density at radius 1 is 1.00 bits per heavy atom. The van der Waals surface area contributed by atoms with E-state index < -0.39 is 0 Å². The van der Waals surface area contributed by atoms with Gasteiger partial charge in [-0.2, -0.15) is 0 Å². The van der Waals surface area contributed by atoms with Crippen LogP contribution in [0.25, 0.3) is 0 Å². The van der Waals surface area contributed by atoms with Crippen LogP contribution < -0.4 is 20.1 Å². The summed E-state index contributed by atoms with van der Waals surface area (Å²) in [6, 6.07) is 14.7. The van der Waals surface area contributed by atoms with Gasteiger partial charge >= 0.3 is 0 Å². The smallest absolute Gasteiger partial charge is 0.274 e. The molecule has 1 amide bonds. The van der Waals surface area contributed by atoms with Crippen LogP contribution in [0, 0.1) is 5.82 Å². The highest BCUT2D eigenvalue weighted by Crippen LogP contribution is 2.32. The number of nitrogens with one attached hydrogen (secondary N) is 2. The van der Waals surface area contributed by atoms with Crippen LogP contribution in [-0.2, 0) is 6.54 Å². The molecule has 1 aliphatic rings. The topological polar surface area (TPSA) is 72.5 Å². The lowest BCUT2D eigenvalue weighted by Gasteiger charge is -2.09. The number of ether oxygens (including phenoxy) is 2. The van der Waals surface area contributed by atoms with Gasteiger partial charge in [0.1, 0.15) is 11.5 Å². The normalized spacial score (nSPS) is 11.9. The third-order valence-electron chi connectivity index (χ3n) is 4.03. The molecular formula is C20H16FN3O3. The zero-order chi connectivity index (χ0) is 18.6. The molecule has 0 spiro atoms. The number of carbonyl (C=O) groups excluding carboxylic acids is 1. The third kappa shape index (κ3) is 3.98. The first-order chi connectivity index (χ1) is 13.2. The number of hydrogen-bond acceptors (Lipinski definition) is 5. The van der Waals surface area contributed by atoms with Gasteiger partial charge in [-0.05, 0) is 54.1 Å². The monoisotopic (exact) mass is 365 g/mol. The van der Waals surface area contributed by atoms with E-state index in [9.17, 15) is 9.18 Å². The standard InChI is InChI=1S/C20H16FN3O3/c21-14-2-4-15(5-3-14)24-20(25)17-10-16(7-8-22-17)23-11-13-1-6-18-19(9-13)27-12-26-18/h1-10H,11-12H2,(H,22,23)(H,24,25). The van der Waals surface area contributed by atoms with Crippen LogP contribution in [0.1, 0.15) is 16.1 Å². The van der Waals surface area contributed by atoms with Gasteiger partial charge in [-0.25, -0.2) is 4.39 Å². The maximum Gasteiger partial charge on any atom is 0.274 e. The second kappa shape index (κ2) is 7.33. The number of fused-ring (bicyclic) bond motifs is 1. The van der Waals surface area contributed by atoms with Crippen LogP contribution in [0.3, 0.4) is 0 Å². The molecule has 0 fully saturated rings. The maximum absolute atomic E-state index is 12.9. The summed E-state index contributed by atoms with van der Waals surface area (Å²) in [6.07, 6.45) is 1.56. The van der Waals surface area contributed by atoms with Crippen molar-refractivity contribution in [2.75, 3.05) is 17.4 Å². The summed E-state index contributed by atoms with van der Waals surface area (Å²) in [6.45, 7) is 0.794. The summed E-state index contributed by atoms with van der Waals surface area (Å²) in [5, 5.41) is 5.94. The highest BCUT2D eigenvalue weighted by Gasteiger charge is 2.13. The molecule has 2 N–H and O–H groups in total. The van der Waals surface area contributed by atoms with Crippen molar-refractivity contribution in [3.8, 4) is 11.5 Å². The van der Waals surface area contributed by atoms with E-state index in [1.165, 1.54) is 24.3 Å². The van der Waals surface area contributed by atoms with Gasteiger partial charge in [0.05, 0.1) is 0 Å². The van der Waals surface area contributed by atoms with Gasteiger partial charge in [-0.3, -0.25) is 9.78 Å². The third-order valence-corrected chi connectivity index (χ3v) is 4.03. The second-order valence-electron chi connectivity index (χ2n) is 5.93. The molecule has 2 aromatic carbocycles. The van der Waals surface area contributed by atoms with E-state index in [0.717, 1.165) is 22.7 Å². The van der Waals surface area contributed by atoms with Crippen molar-refractivity contribution in [3.63, 3.8) is 0 Å². The van der Waals surface area contributed by atoms with Crippen molar-refractivity contribution in [3.05, 3.63) is 77.9 Å². The predicted molar refractivity (Wildman–Crippen MR) is 98.5 cm³/mol. The fourth-order valence-electron chi connectivity index (χ4n) is 2.65. The molecule has 6 nitrogen and oxygen atoms in total. The summed E-state index contributed by atoms with van der Waals surface area (Å²) in [5.74, 6) is 0.736. The number of amides is 1. The predicted octanol–water partition coefficient (Wildman–Crippen LogP) is 3.81. The first-order valence-electron chi connectivity index (χ1n) is 8.33. The molecule has 136 valence electrons. The van der Waals surface area contributed by atoms with Crippen molar-refractivity contribution in [2.45, 2.75) is 6.54 Å². The van der Waals surface area contributed by atoms with Crippen molar-refractivity contribution >= 4 is 17.3 Å². The molecule has 0 radical (unpaired) electrons. The molecule has 7 heteroatoms.